The van der Waals surface area contributed by atoms with Crippen molar-refractivity contribution in [3.8, 4) is 5.75 Å². The van der Waals surface area contributed by atoms with Gasteiger partial charge in [-0.3, -0.25) is 0 Å². The summed E-state index contributed by atoms with van der Waals surface area (Å²) < 4.78 is 10.2. The van der Waals surface area contributed by atoms with Gasteiger partial charge in [0.2, 0.25) is 0 Å². The smallest absolute Gasteiger partial charge is 0.339 e. The normalized spacial score (nSPS) is 15.1. The number of hydrogen-bond donors (Lipinski definition) is 1. The molecule has 0 radical (unpaired) electrons. The first-order valence-electron chi connectivity index (χ1n) is 5.33. The van der Waals surface area contributed by atoms with Crippen LogP contribution in [0.3, 0.4) is 0 Å². The molecule has 86 valence electrons. The Morgan fingerprint density at radius 2 is 2.44 bits per heavy atom. The van der Waals surface area contributed by atoms with Gasteiger partial charge in [0, 0.05) is 12.0 Å². The number of esters is 1. The fraction of sp³-hybridized carbons (Fsp3) is 0.417. The molecule has 1 aromatic carbocycles. The van der Waals surface area contributed by atoms with E-state index in [1.165, 1.54) is 0 Å². The zero-order valence-electron chi connectivity index (χ0n) is 9.10. The van der Waals surface area contributed by atoms with Gasteiger partial charge in [-0.15, -0.1) is 0 Å². The van der Waals surface area contributed by atoms with Crippen LogP contribution in [-0.2, 0) is 16.0 Å². The standard InChI is InChI=1S/C12H14O4/c1-2-15-12(14)11(13)9-4-3-5-10-8(9)6-7-16-10/h3-5,11,13H,2,6-7H2,1H3. The van der Waals surface area contributed by atoms with E-state index in [0.29, 0.717) is 12.2 Å². The molecule has 0 fully saturated rings. The van der Waals surface area contributed by atoms with Gasteiger partial charge in [0.05, 0.1) is 13.2 Å². The summed E-state index contributed by atoms with van der Waals surface area (Å²) in [4.78, 5) is 11.4. The van der Waals surface area contributed by atoms with Gasteiger partial charge in [0.1, 0.15) is 5.75 Å². The summed E-state index contributed by atoms with van der Waals surface area (Å²) in [7, 11) is 0. The Hall–Kier alpha value is -1.55. The molecular weight excluding hydrogens is 208 g/mol. The van der Waals surface area contributed by atoms with Crippen LogP contribution >= 0.6 is 0 Å². The summed E-state index contributed by atoms with van der Waals surface area (Å²) in [6, 6.07) is 5.33. The Morgan fingerprint density at radius 1 is 1.62 bits per heavy atom. The van der Waals surface area contributed by atoms with Crippen molar-refractivity contribution in [3.05, 3.63) is 29.3 Å². The van der Waals surface area contributed by atoms with Crippen molar-refractivity contribution < 1.29 is 19.4 Å². The van der Waals surface area contributed by atoms with Crippen LogP contribution in [0.2, 0.25) is 0 Å². The Labute approximate surface area is 93.8 Å². The van der Waals surface area contributed by atoms with Crippen LogP contribution in [-0.4, -0.2) is 24.3 Å². The molecule has 4 heteroatoms. The van der Waals surface area contributed by atoms with E-state index in [1.54, 1.807) is 19.1 Å². The third kappa shape index (κ3) is 1.88. The van der Waals surface area contributed by atoms with Gasteiger partial charge < -0.3 is 14.6 Å². The quantitative estimate of drug-likeness (QED) is 0.781. The molecule has 0 saturated heterocycles. The van der Waals surface area contributed by atoms with Gasteiger partial charge in [-0.1, -0.05) is 12.1 Å². The first-order valence-corrected chi connectivity index (χ1v) is 5.33. The molecule has 1 aliphatic heterocycles. The lowest BCUT2D eigenvalue weighted by molar-refractivity contribution is -0.153. The number of aliphatic hydroxyl groups excluding tert-OH is 1. The van der Waals surface area contributed by atoms with Crippen LogP contribution in [0.1, 0.15) is 24.2 Å². The molecule has 0 amide bonds. The van der Waals surface area contributed by atoms with E-state index >= 15 is 0 Å². The van der Waals surface area contributed by atoms with Crippen LogP contribution < -0.4 is 4.74 Å². The second kappa shape index (κ2) is 4.53. The number of rotatable bonds is 3. The van der Waals surface area contributed by atoms with Crippen molar-refractivity contribution in [1.29, 1.82) is 0 Å². The van der Waals surface area contributed by atoms with Gasteiger partial charge in [-0.2, -0.15) is 0 Å². The average molecular weight is 222 g/mol. The first-order chi connectivity index (χ1) is 7.74. The molecule has 1 N–H and O–H groups in total. The van der Waals surface area contributed by atoms with E-state index < -0.39 is 12.1 Å². The van der Waals surface area contributed by atoms with Crippen LogP contribution in [0.25, 0.3) is 0 Å². The molecule has 0 saturated carbocycles. The number of benzene rings is 1. The fourth-order valence-electron chi connectivity index (χ4n) is 1.85. The molecule has 16 heavy (non-hydrogen) atoms. The van der Waals surface area contributed by atoms with Crippen molar-refractivity contribution in [1.82, 2.24) is 0 Å². The third-order valence-electron chi connectivity index (χ3n) is 2.58. The van der Waals surface area contributed by atoms with Gasteiger partial charge in [0.25, 0.3) is 0 Å². The number of fused-ring (bicyclic) bond motifs is 1. The van der Waals surface area contributed by atoms with E-state index in [2.05, 4.69) is 0 Å². The summed E-state index contributed by atoms with van der Waals surface area (Å²) in [5.41, 5.74) is 1.50. The van der Waals surface area contributed by atoms with Crippen molar-refractivity contribution in [3.63, 3.8) is 0 Å². The Balaban J connectivity index is 2.27. The maximum absolute atomic E-state index is 11.4. The minimum absolute atomic E-state index is 0.265. The van der Waals surface area contributed by atoms with Gasteiger partial charge in [0.15, 0.2) is 6.10 Å². The molecule has 1 aliphatic rings. The highest BCUT2D eigenvalue weighted by Gasteiger charge is 2.25. The Kier molecular flexibility index (Phi) is 3.10. The SMILES string of the molecule is CCOC(=O)C(O)c1cccc2c1CCO2. The highest BCUT2D eigenvalue weighted by molar-refractivity contribution is 5.77. The summed E-state index contributed by atoms with van der Waals surface area (Å²) in [5.74, 6) is 0.142. The van der Waals surface area contributed by atoms with Crippen LogP contribution in [0.4, 0.5) is 0 Å². The minimum Gasteiger partial charge on any atom is -0.493 e. The zero-order chi connectivity index (χ0) is 11.5. The maximum atomic E-state index is 11.4. The molecular formula is C12H14O4. The lowest BCUT2D eigenvalue weighted by atomic mass is 10.0. The summed E-state index contributed by atoms with van der Waals surface area (Å²) in [6.45, 7) is 2.58. The summed E-state index contributed by atoms with van der Waals surface area (Å²) in [5, 5.41) is 9.85. The van der Waals surface area contributed by atoms with E-state index in [1.807, 2.05) is 6.07 Å². The summed E-state index contributed by atoms with van der Waals surface area (Å²) >= 11 is 0. The summed E-state index contributed by atoms with van der Waals surface area (Å²) in [6.07, 6.45) is -0.487. The predicted molar refractivity (Wildman–Crippen MR) is 57.2 cm³/mol. The molecule has 0 bridgehead atoms. The molecule has 1 heterocycles. The molecule has 1 atom stereocenters. The van der Waals surface area contributed by atoms with Gasteiger partial charge in [-0.25, -0.2) is 4.79 Å². The topological polar surface area (TPSA) is 55.8 Å². The zero-order valence-corrected chi connectivity index (χ0v) is 9.10. The van der Waals surface area contributed by atoms with Crippen LogP contribution in [0, 0.1) is 0 Å². The van der Waals surface area contributed by atoms with E-state index in [9.17, 15) is 9.90 Å². The minimum atomic E-state index is -1.21. The first kappa shape index (κ1) is 11.0. The van der Waals surface area contributed by atoms with Gasteiger partial charge >= 0.3 is 5.97 Å². The second-order valence-corrected chi connectivity index (χ2v) is 3.58. The third-order valence-corrected chi connectivity index (χ3v) is 2.58. The number of ether oxygens (including phenoxy) is 2. The lowest BCUT2D eigenvalue weighted by Crippen LogP contribution is -2.16. The number of aliphatic hydroxyl groups is 1. The molecule has 0 aliphatic carbocycles. The molecule has 0 aromatic heterocycles. The number of carbonyl (C=O) groups excluding carboxylic acids is 1. The van der Waals surface area contributed by atoms with Crippen molar-refractivity contribution in [2.45, 2.75) is 19.4 Å². The number of hydrogen-bond acceptors (Lipinski definition) is 4. The fourth-order valence-corrected chi connectivity index (χ4v) is 1.85. The molecule has 1 unspecified atom stereocenters. The molecule has 0 spiro atoms. The molecule has 1 aromatic rings. The van der Waals surface area contributed by atoms with Crippen molar-refractivity contribution in [2.75, 3.05) is 13.2 Å². The van der Waals surface area contributed by atoms with Gasteiger partial charge in [-0.05, 0) is 18.6 Å². The van der Waals surface area contributed by atoms with E-state index in [4.69, 9.17) is 9.47 Å². The van der Waals surface area contributed by atoms with Crippen LogP contribution in [0.5, 0.6) is 5.75 Å². The van der Waals surface area contributed by atoms with Crippen LogP contribution in [0.15, 0.2) is 18.2 Å². The number of carbonyl (C=O) groups is 1. The maximum Gasteiger partial charge on any atom is 0.339 e. The highest BCUT2D eigenvalue weighted by atomic mass is 16.5. The lowest BCUT2D eigenvalue weighted by Gasteiger charge is -2.12. The van der Waals surface area contributed by atoms with E-state index in [0.717, 1.165) is 17.7 Å². The predicted octanol–water partition coefficient (Wildman–Crippen LogP) is 1.22. The Morgan fingerprint density at radius 3 is 3.19 bits per heavy atom. The largest absolute Gasteiger partial charge is 0.493 e. The second-order valence-electron chi connectivity index (χ2n) is 3.58. The monoisotopic (exact) mass is 222 g/mol. The molecule has 4 nitrogen and oxygen atoms in total. The highest BCUT2D eigenvalue weighted by Crippen LogP contribution is 2.31. The molecule has 2 rings (SSSR count). The Bertz CT molecular complexity index is 400. The van der Waals surface area contributed by atoms with E-state index in [-0.39, 0.29) is 6.61 Å². The van der Waals surface area contributed by atoms with Crippen molar-refractivity contribution in [2.24, 2.45) is 0 Å². The van der Waals surface area contributed by atoms with Crippen molar-refractivity contribution >= 4 is 5.97 Å². The average Bonchev–Trinajstić information content (AvgIpc) is 2.76.